The predicted molar refractivity (Wildman–Crippen MR) is 127 cm³/mol. The minimum absolute atomic E-state index is 0.0630. The summed E-state index contributed by atoms with van der Waals surface area (Å²) in [6.07, 6.45) is 6.82. The molecule has 1 aromatic heterocycles. The van der Waals surface area contributed by atoms with Gasteiger partial charge in [-0.1, -0.05) is 58.4 Å². The second kappa shape index (κ2) is 9.75. The number of aromatic carboxylic acids is 1. The quantitative estimate of drug-likeness (QED) is 0.411. The smallest absolute Gasteiger partial charge is 0.354 e. The lowest BCUT2D eigenvalue weighted by atomic mass is 9.99. The highest BCUT2D eigenvalue weighted by Gasteiger charge is 2.22. The van der Waals surface area contributed by atoms with Crippen LogP contribution in [-0.2, 0) is 0 Å². The highest BCUT2D eigenvalue weighted by atomic mass is 79.9. The van der Waals surface area contributed by atoms with Crippen molar-refractivity contribution in [2.75, 3.05) is 6.61 Å². The lowest BCUT2D eigenvalue weighted by Gasteiger charge is -2.14. The Labute approximate surface area is 190 Å². The summed E-state index contributed by atoms with van der Waals surface area (Å²) in [5.74, 6) is -0.205. The lowest BCUT2D eigenvalue weighted by Crippen LogP contribution is -2.02. The van der Waals surface area contributed by atoms with Crippen LogP contribution in [0.15, 0.2) is 77.3 Å². The molecule has 1 aliphatic rings. The van der Waals surface area contributed by atoms with Crippen molar-refractivity contribution in [3.8, 4) is 5.75 Å². The molecule has 0 unspecified atom stereocenters. The number of carboxylic acid groups (broad SMARTS) is 1. The molecule has 0 radical (unpaired) electrons. The molecule has 0 atom stereocenters. The van der Waals surface area contributed by atoms with E-state index in [1.165, 1.54) is 11.6 Å². The molecule has 3 aromatic rings. The van der Waals surface area contributed by atoms with E-state index < -0.39 is 5.97 Å². The molecule has 0 saturated heterocycles. The van der Waals surface area contributed by atoms with Gasteiger partial charge in [0.15, 0.2) is 0 Å². The van der Waals surface area contributed by atoms with Gasteiger partial charge in [-0.25, -0.2) is 9.78 Å². The van der Waals surface area contributed by atoms with E-state index in [1.54, 1.807) is 6.07 Å². The van der Waals surface area contributed by atoms with Crippen molar-refractivity contribution < 1.29 is 14.6 Å². The third-order valence-electron chi connectivity index (χ3n) is 5.21. The average molecular weight is 476 g/mol. The molecular weight excluding hydrogens is 454 g/mol. The Bertz CT molecular complexity index is 1150. The molecular formula is C26H22BrNO3. The van der Waals surface area contributed by atoms with Crippen molar-refractivity contribution in [1.29, 1.82) is 0 Å². The number of pyridine rings is 1. The van der Waals surface area contributed by atoms with Crippen molar-refractivity contribution in [3.05, 3.63) is 99.8 Å². The van der Waals surface area contributed by atoms with Gasteiger partial charge in [-0.05, 0) is 72.4 Å². The van der Waals surface area contributed by atoms with Gasteiger partial charge in [0.2, 0.25) is 0 Å². The van der Waals surface area contributed by atoms with E-state index in [2.05, 4.69) is 39.1 Å². The van der Waals surface area contributed by atoms with E-state index in [0.29, 0.717) is 6.61 Å². The van der Waals surface area contributed by atoms with Crippen LogP contribution in [0.5, 0.6) is 5.75 Å². The zero-order chi connectivity index (χ0) is 21.6. The summed E-state index contributed by atoms with van der Waals surface area (Å²) in [5, 5.41) is 9.31. The molecule has 0 bridgehead atoms. The largest absolute Gasteiger partial charge is 0.489 e. The Morgan fingerprint density at radius 3 is 2.65 bits per heavy atom. The van der Waals surface area contributed by atoms with Crippen molar-refractivity contribution in [3.63, 3.8) is 0 Å². The van der Waals surface area contributed by atoms with Crippen LogP contribution in [0.3, 0.4) is 0 Å². The van der Waals surface area contributed by atoms with Crippen molar-refractivity contribution in [2.45, 2.75) is 19.3 Å². The summed E-state index contributed by atoms with van der Waals surface area (Å²) < 4.78 is 7.09. The standard InChI is InChI=1S/C26H22BrNO3/c27-19-14-15-25(31-16-6-9-18-7-2-1-3-8-18)22(17-19)20-10-4-11-21(20)23-12-5-13-24(28-23)26(29)30/h1-3,5-9,12-15,17H,4,10-11,16H2,(H,29,30). The van der Waals surface area contributed by atoms with Crippen LogP contribution in [0.25, 0.3) is 17.2 Å². The highest BCUT2D eigenvalue weighted by Crippen LogP contribution is 2.43. The van der Waals surface area contributed by atoms with Crippen LogP contribution in [0.2, 0.25) is 0 Å². The number of ether oxygens (including phenoxy) is 1. The van der Waals surface area contributed by atoms with E-state index in [9.17, 15) is 9.90 Å². The van der Waals surface area contributed by atoms with Crippen LogP contribution in [0, 0.1) is 0 Å². The molecule has 0 fully saturated rings. The Balaban J connectivity index is 1.63. The van der Waals surface area contributed by atoms with E-state index in [0.717, 1.165) is 51.9 Å². The molecule has 1 aliphatic carbocycles. The number of aromatic nitrogens is 1. The summed E-state index contributed by atoms with van der Waals surface area (Å²) in [5.41, 5.74) is 5.20. The van der Waals surface area contributed by atoms with Gasteiger partial charge >= 0.3 is 5.97 Å². The molecule has 0 saturated carbocycles. The van der Waals surface area contributed by atoms with Crippen molar-refractivity contribution in [1.82, 2.24) is 4.98 Å². The van der Waals surface area contributed by atoms with Crippen molar-refractivity contribution >= 4 is 39.1 Å². The first-order valence-corrected chi connectivity index (χ1v) is 11.0. The lowest BCUT2D eigenvalue weighted by molar-refractivity contribution is 0.0690. The summed E-state index contributed by atoms with van der Waals surface area (Å²) in [4.78, 5) is 15.7. The van der Waals surface area contributed by atoms with Gasteiger partial charge in [0, 0.05) is 10.0 Å². The number of rotatable bonds is 7. The summed E-state index contributed by atoms with van der Waals surface area (Å²) in [6.45, 7) is 0.457. The molecule has 2 aromatic carbocycles. The number of nitrogens with zero attached hydrogens (tertiary/aromatic N) is 1. The van der Waals surface area contributed by atoms with E-state index in [-0.39, 0.29) is 5.69 Å². The maximum absolute atomic E-state index is 11.4. The van der Waals surface area contributed by atoms with Gasteiger partial charge in [-0.15, -0.1) is 0 Å². The maximum Gasteiger partial charge on any atom is 0.354 e. The fraction of sp³-hybridized carbons (Fsp3) is 0.154. The van der Waals surface area contributed by atoms with E-state index >= 15 is 0 Å². The molecule has 156 valence electrons. The van der Waals surface area contributed by atoms with Gasteiger partial charge < -0.3 is 9.84 Å². The zero-order valence-electron chi connectivity index (χ0n) is 16.9. The van der Waals surface area contributed by atoms with E-state index in [4.69, 9.17) is 4.74 Å². The molecule has 0 spiro atoms. The minimum atomic E-state index is -1.02. The number of carbonyl (C=O) groups is 1. The molecule has 0 amide bonds. The Hall–Kier alpha value is -3.18. The zero-order valence-corrected chi connectivity index (χ0v) is 18.5. The molecule has 1 heterocycles. The van der Waals surface area contributed by atoms with Crippen LogP contribution in [0.1, 0.15) is 46.6 Å². The van der Waals surface area contributed by atoms with Gasteiger partial charge in [0.1, 0.15) is 18.1 Å². The van der Waals surface area contributed by atoms with Crippen LogP contribution < -0.4 is 4.74 Å². The second-order valence-corrected chi connectivity index (χ2v) is 8.20. The topological polar surface area (TPSA) is 59.4 Å². The number of allylic oxidation sites excluding steroid dienone is 2. The fourth-order valence-electron chi connectivity index (χ4n) is 3.80. The first-order valence-electron chi connectivity index (χ1n) is 10.2. The maximum atomic E-state index is 11.4. The molecule has 5 heteroatoms. The highest BCUT2D eigenvalue weighted by molar-refractivity contribution is 9.10. The van der Waals surface area contributed by atoms with Gasteiger partial charge in [-0.3, -0.25) is 0 Å². The summed E-state index contributed by atoms with van der Waals surface area (Å²) in [7, 11) is 0. The van der Waals surface area contributed by atoms with Gasteiger partial charge in [0.05, 0.1) is 5.69 Å². The second-order valence-electron chi connectivity index (χ2n) is 7.29. The first-order chi connectivity index (χ1) is 15.1. The van der Waals surface area contributed by atoms with Gasteiger partial charge in [0.25, 0.3) is 0 Å². The Kier molecular flexibility index (Phi) is 6.63. The normalized spacial score (nSPS) is 13.7. The molecule has 4 nitrogen and oxygen atoms in total. The third kappa shape index (κ3) is 5.12. The van der Waals surface area contributed by atoms with Crippen LogP contribution in [-0.4, -0.2) is 22.7 Å². The Morgan fingerprint density at radius 1 is 1.03 bits per heavy atom. The molecule has 1 N–H and O–H groups in total. The molecule has 31 heavy (non-hydrogen) atoms. The van der Waals surface area contributed by atoms with Crippen molar-refractivity contribution in [2.24, 2.45) is 0 Å². The fourth-order valence-corrected chi connectivity index (χ4v) is 4.16. The SMILES string of the molecule is O=C(O)c1cccc(C2=C(c3cc(Br)ccc3OCC=Cc3ccccc3)CCC2)n1. The Morgan fingerprint density at radius 2 is 1.84 bits per heavy atom. The minimum Gasteiger partial charge on any atom is -0.489 e. The molecule has 4 rings (SSSR count). The average Bonchev–Trinajstić information content (AvgIpc) is 3.28. The number of carboxylic acids is 1. The van der Waals surface area contributed by atoms with Crippen LogP contribution in [0.4, 0.5) is 0 Å². The third-order valence-corrected chi connectivity index (χ3v) is 5.70. The van der Waals surface area contributed by atoms with Gasteiger partial charge in [-0.2, -0.15) is 0 Å². The van der Waals surface area contributed by atoms with E-state index in [1.807, 2.05) is 48.6 Å². The predicted octanol–water partition coefficient (Wildman–Crippen LogP) is 6.73. The number of halogens is 1. The first kappa shape index (κ1) is 21.1. The summed E-state index contributed by atoms with van der Waals surface area (Å²) >= 11 is 3.58. The number of benzene rings is 2. The van der Waals surface area contributed by atoms with Crippen LogP contribution >= 0.6 is 15.9 Å². The summed E-state index contributed by atoms with van der Waals surface area (Å²) in [6, 6.07) is 21.3. The number of hydrogen-bond donors (Lipinski definition) is 1. The monoisotopic (exact) mass is 475 g/mol. The number of hydrogen-bond acceptors (Lipinski definition) is 3. The molecule has 0 aliphatic heterocycles.